The number of para-hydroxylation sites is 1. The van der Waals surface area contributed by atoms with Gasteiger partial charge in [0.25, 0.3) is 5.91 Å². The van der Waals surface area contributed by atoms with Crippen molar-refractivity contribution in [2.24, 2.45) is 0 Å². The van der Waals surface area contributed by atoms with Crippen molar-refractivity contribution in [2.75, 3.05) is 12.0 Å². The molecule has 0 saturated carbocycles. The fraction of sp³-hybridized carbons (Fsp3) is 0.0833. The Morgan fingerprint density at radius 1 is 1.09 bits per heavy atom. The fourth-order valence-electron chi connectivity index (χ4n) is 3.08. The smallest absolute Gasteiger partial charge is 0.270 e. The lowest BCUT2D eigenvalue weighted by Gasteiger charge is -2.14. The van der Waals surface area contributed by atoms with Gasteiger partial charge in [0, 0.05) is 9.50 Å². The zero-order valence-corrected chi connectivity index (χ0v) is 20.9. The predicted octanol–water partition coefficient (Wildman–Crippen LogP) is 7.10. The van der Waals surface area contributed by atoms with Gasteiger partial charge in [-0.2, -0.15) is 0 Å². The van der Waals surface area contributed by atoms with Gasteiger partial charge in [0.15, 0.2) is 15.8 Å². The molecule has 3 aromatic rings. The summed E-state index contributed by atoms with van der Waals surface area (Å²) in [5.74, 6) is 0.996. The number of rotatable bonds is 6. The number of carbonyl (C=O) groups is 1. The Morgan fingerprint density at radius 3 is 2.50 bits per heavy atom. The predicted molar refractivity (Wildman–Crippen MR) is 139 cm³/mol. The minimum atomic E-state index is -0.153. The van der Waals surface area contributed by atoms with Crippen LogP contribution in [-0.2, 0) is 11.4 Å². The molecule has 3 aromatic carbocycles. The summed E-state index contributed by atoms with van der Waals surface area (Å²) in [6.45, 7) is 0.370. The van der Waals surface area contributed by atoms with Gasteiger partial charge in [-0.3, -0.25) is 9.69 Å². The Kier molecular flexibility index (Phi) is 7.20. The molecule has 0 aromatic heterocycles. The lowest BCUT2D eigenvalue weighted by molar-refractivity contribution is -0.113. The second-order valence-corrected chi connectivity index (χ2v) is 9.76. The number of hydrogen-bond donors (Lipinski definition) is 0. The maximum absolute atomic E-state index is 13.0. The van der Waals surface area contributed by atoms with Crippen molar-refractivity contribution < 1.29 is 14.3 Å². The number of methoxy groups -OCH3 is 1. The zero-order valence-electron chi connectivity index (χ0n) is 16.9. The molecule has 4 nitrogen and oxygen atoms in total. The molecule has 162 valence electrons. The van der Waals surface area contributed by atoms with Crippen molar-refractivity contribution in [3.05, 3.63) is 92.3 Å². The molecule has 4 rings (SSSR count). The quantitative estimate of drug-likeness (QED) is 0.244. The van der Waals surface area contributed by atoms with Crippen LogP contribution in [0.3, 0.4) is 0 Å². The standard InChI is InChI=1S/C24H17BrClNO3S2/c1-29-20-11-16(19(25)13-21(20)30-14-15-7-9-17(26)10-8-15)12-22-23(28)27(24(31)32-22)18-5-3-2-4-6-18/h2-13H,14H2,1H3/b22-12+. The van der Waals surface area contributed by atoms with Gasteiger partial charge in [0.1, 0.15) is 6.61 Å². The summed E-state index contributed by atoms with van der Waals surface area (Å²) in [7, 11) is 1.58. The molecule has 1 amide bonds. The second kappa shape index (κ2) is 10.1. The maximum atomic E-state index is 13.0. The van der Waals surface area contributed by atoms with Crippen LogP contribution < -0.4 is 14.4 Å². The number of thiocarbonyl (C=S) groups is 1. The number of anilines is 1. The Bertz CT molecular complexity index is 1200. The van der Waals surface area contributed by atoms with Gasteiger partial charge < -0.3 is 9.47 Å². The van der Waals surface area contributed by atoms with Gasteiger partial charge in [-0.1, -0.05) is 81.8 Å². The van der Waals surface area contributed by atoms with Crippen LogP contribution in [0.2, 0.25) is 5.02 Å². The van der Waals surface area contributed by atoms with Gasteiger partial charge >= 0.3 is 0 Å². The maximum Gasteiger partial charge on any atom is 0.270 e. The second-order valence-electron chi connectivity index (χ2n) is 6.79. The largest absolute Gasteiger partial charge is 0.493 e. The molecular weight excluding hydrogens is 530 g/mol. The molecule has 0 spiro atoms. The molecule has 0 bridgehead atoms. The molecule has 1 fully saturated rings. The van der Waals surface area contributed by atoms with Gasteiger partial charge in [-0.05, 0) is 53.6 Å². The van der Waals surface area contributed by atoms with Gasteiger partial charge in [-0.15, -0.1) is 0 Å². The van der Waals surface area contributed by atoms with Crippen molar-refractivity contribution in [1.29, 1.82) is 0 Å². The topological polar surface area (TPSA) is 38.8 Å². The first kappa shape index (κ1) is 22.9. The highest BCUT2D eigenvalue weighted by Gasteiger charge is 2.33. The molecule has 1 saturated heterocycles. The Hall–Kier alpha value is -2.32. The Balaban J connectivity index is 1.57. The van der Waals surface area contributed by atoms with Gasteiger partial charge in [0.05, 0.1) is 17.7 Å². The van der Waals surface area contributed by atoms with E-state index in [9.17, 15) is 4.79 Å². The van der Waals surface area contributed by atoms with E-state index in [0.29, 0.717) is 32.4 Å². The molecule has 0 N–H and O–H groups in total. The number of halogens is 2. The molecule has 1 aliphatic rings. The first-order valence-electron chi connectivity index (χ1n) is 9.54. The number of amides is 1. The van der Waals surface area contributed by atoms with Crippen LogP contribution in [0.15, 0.2) is 76.1 Å². The van der Waals surface area contributed by atoms with Crippen LogP contribution in [0, 0.1) is 0 Å². The number of nitrogens with zero attached hydrogens (tertiary/aromatic N) is 1. The van der Waals surface area contributed by atoms with E-state index in [1.165, 1.54) is 11.8 Å². The minimum absolute atomic E-state index is 0.153. The third-order valence-electron chi connectivity index (χ3n) is 4.69. The Labute approximate surface area is 209 Å². The number of ether oxygens (including phenoxy) is 2. The summed E-state index contributed by atoms with van der Waals surface area (Å²) < 4.78 is 12.8. The summed E-state index contributed by atoms with van der Waals surface area (Å²) >= 11 is 16.2. The van der Waals surface area contributed by atoms with E-state index in [0.717, 1.165) is 21.3 Å². The van der Waals surface area contributed by atoms with Crippen LogP contribution >= 0.6 is 51.5 Å². The summed E-state index contributed by atoms with van der Waals surface area (Å²) in [5, 5.41) is 0.677. The zero-order chi connectivity index (χ0) is 22.7. The number of thioether (sulfide) groups is 1. The molecule has 0 unspecified atom stereocenters. The fourth-order valence-corrected chi connectivity index (χ4v) is 4.94. The minimum Gasteiger partial charge on any atom is -0.493 e. The van der Waals surface area contributed by atoms with E-state index in [4.69, 9.17) is 33.3 Å². The van der Waals surface area contributed by atoms with E-state index >= 15 is 0 Å². The van der Waals surface area contributed by atoms with E-state index in [-0.39, 0.29) is 5.91 Å². The van der Waals surface area contributed by atoms with E-state index < -0.39 is 0 Å². The number of benzene rings is 3. The van der Waals surface area contributed by atoms with E-state index in [1.54, 1.807) is 18.1 Å². The van der Waals surface area contributed by atoms with Crippen LogP contribution in [0.1, 0.15) is 11.1 Å². The lowest BCUT2D eigenvalue weighted by Crippen LogP contribution is -2.27. The third-order valence-corrected chi connectivity index (χ3v) is 6.93. The van der Waals surface area contributed by atoms with Crippen LogP contribution in [0.5, 0.6) is 11.5 Å². The average Bonchev–Trinajstić information content (AvgIpc) is 3.08. The Morgan fingerprint density at radius 2 is 1.81 bits per heavy atom. The molecule has 8 heteroatoms. The van der Waals surface area contributed by atoms with Crippen molar-refractivity contribution in [1.82, 2.24) is 0 Å². The highest BCUT2D eigenvalue weighted by Crippen LogP contribution is 2.39. The average molecular weight is 547 g/mol. The first-order valence-corrected chi connectivity index (χ1v) is 11.9. The van der Waals surface area contributed by atoms with Crippen LogP contribution in [0.4, 0.5) is 5.69 Å². The normalized spacial score (nSPS) is 14.8. The first-order chi connectivity index (χ1) is 15.5. The number of carbonyl (C=O) groups excluding carboxylic acids is 1. The van der Waals surface area contributed by atoms with Crippen molar-refractivity contribution in [3.63, 3.8) is 0 Å². The molecule has 0 atom stereocenters. The molecule has 32 heavy (non-hydrogen) atoms. The third kappa shape index (κ3) is 5.02. The molecule has 0 aliphatic carbocycles. The van der Waals surface area contributed by atoms with Gasteiger partial charge in [-0.25, -0.2) is 0 Å². The van der Waals surface area contributed by atoms with E-state index in [1.807, 2.05) is 66.7 Å². The van der Waals surface area contributed by atoms with E-state index in [2.05, 4.69) is 15.9 Å². The molecule has 1 aliphatic heterocycles. The molecular formula is C24H17BrClNO3S2. The summed E-state index contributed by atoms with van der Waals surface area (Å²) in [5.41, 5.74) is 2.52. The highest BCUT2D eigenvalue weighted by molar-refractivity contribution is 9.10. The van der Waals surface area contributed by atoms with Crippen LogP contribution in [-0.4, -0.2) is 17.3 Å². The summed E-state index contributed by atoms with van der Waals surface area (Å²) in [4.78, 5) is 15.1. The summed E-state index contributed by atoms with van der Waals surface area (Å²) in [6.07, 6.45) is 1.80. The van der Waals surface area contributed by atoms with Crippen molar-refractivity contribution in [3.8, 4) is 11.5 Å². The van der Waals surface area contributed by atoms with Crippen molar-refractivity contribution in [2.45, 2.75) is 6.61 Å². The lowest BCUT2D eigenvalue weighted by atomic mass is 10.1. The molecule has 0 radical (unpaired) electrons. The highest BCUT2D eigenvalue weighted by atomic mass is 79.9. The SMILES string of the molecule is COc1cc(/C=C2/SC(=S)N(c3ccccc3)C2=O)c(Br)cc1OCc1ccc(Cl)cc1. The summed E-state index contributed by atoms with van der Waals surface area (Å²) in [6, 6.07) is 20.5. The molecule has 1 heterocycles. The van der Waals surface area contributed by atoms with Crippen molar-refractivity contribution >= 4 is 73.5 Å². The van der Waals surface area contributed by atoms with Crippen LogP contribution in [0.25, 0.3) is 6.08 Å². The number of hydrogen-bond acceptors (Lipinski definition) is 5. The van der Waals surface area contributed by atoms with Gasteiger partial charge in [0.2, 0.25) is 0 Å². The monoisotopic (exact) mass is 545 g/mol.